The van der Waals surface area contributed by atoms with Gasteiger partial charge in [0.2, 0.25) is 0 Å². The summed E-state index contributed by atoms with van der Waals surface area (Å²) >= 11 is 2.07. The van der Waals surface area contributed by atoms with Crippen molar-refractivity contribution in [2.75, 3.05) is 5.32 Å². The van der Waals surface area contributed by atoms with Crippen molar-refractivity contribution in [1.82, 2.24) is 5.48 Å². The van der Waals surface area contributed by atoms with E-state index in [1.54, 1.807) is 50.2 Å². The highest BCUT2D eigenvalue weighted by Crippen LogP contribution is 2.42. The van der Waals surface area contributed by atoms with Crippen LogP contribution in [-0.4, -0.2) is 28.1 Å². The molecular weight excluding hydrogens is 515 g/mol. The number of hydroxylamine groups is 1. The predicted molar refractivity (Wildman–Crippen MR) is 123 cm³/mol. The van der Waals surface area contributed by atoms with Gasteiger partial charge in [-0.2, -0.15) is 0 Å². The van der Waals surface area contributed by atoms with Crippen LogP contribution in [0, 0.1) is 8.99 Å². The van der Waals surface area contributed by atoms with Crippen LogP contribution in [-0.2, 0) is 9.53 Å². The third-order valence-electron chi connectivity index (χ3n) is 4.48. The molecule has 2 amide bonds. The molecule has 0 saturated carbocycles. The van der Waals surface area contributed by atoms with Crippen molar-refractivity contribution in [2.24, 2.45) is 5.41 Å². The number of carbonyl (C=O) groups excluding carboxylic acids is 3. The molecule has 9 heteroatoms. The number of ketones is 1. The van der Waals surface area contributed by atoms with Gasteiger partial charge < -0.3 is 9.84 Å². The minimum absolute atomic E-state index is 0.0721. The van der Waals surface area contributed by atoms with E-state index < -0.39 is 23.5 Å². The maximum atomic E-state index is 12.6. The predicted octanol–water partition coefficient (Wildman–Crippen LogP) is 4.58. The van der Waals surface area contributed by atoms with Gasteiger partial charge in [-0.25, -0.2) is 10.3 Å². The van der Waals surface area contributed by atoms with E-state index in [4.69, 9.17) is 9.94 Å². The van der Waals surface area contributed by atoms with Crippen molar-refractivity contribution in [3.05, 3.63) is 69.3 Å². The molecule has 0 aliphatic carbocycles. The highest BCUT2D eigenvalue weighted by atomic mass is 127. The molecule has 0 aliphatic heterocycles. The number of amides is 2. The van der Waals surface area contributed by atoms with Gasteiger partial charge >= 0.3 is 6.09 Å². The van der Waals surface area contributed by atoms with Gasteiger partial charge in [0.05, 0.1) is 0 Å². The maximum absolute atomic E-state index is 12.6. The smallest absolute Gasteiger partial charge is 0.412 e. The molecule has 0 saturated heterocycles. The van der Waals surface area contributed by atoms with Crippen molar-refractivity contribution < 1.29 is 29.4 Å². The molecule has 2 aromatic rings. The molecule has 1 atom stereocenters. The third-order valence-corrected chi connectivity index (χ3v) is 5.16. The van der Waals surface area contributed by atoms with E-state index in [1.807, 2.05) is 0 Å². The molecular formula is C22H23IN2O6. The van der Waals surface area contributed by atoms with Gasteiger partial charge in [0, 0.05) is 31.9 Å². The van der Waals surface area contributed by atoms with Crippen LogP contribution >= 0.6 is 22.6 Å². The van der Waals surface area contributed by atoms with Crippen LogP contribution in [0.4, 0.5) is 10.5 Å². The van der Waals surface area contributed by atoms with E-state index in [2.05, 4.69) is 27.9 Å². The van der Waals surface area contributed by atoms with Crippen LogP contribution < -0.4 is 10.8 Å². The second-order valence-electron chi connectivity index (χ2n) is 7.38. The largest absolute Gasteiger partial charge is 0.508 e. The number of benzene rings is 2. The zero-order valence-electron chi connectivity index (χ0n) is 17.2. The highest BCUT2D eigenvalue weighted by Gasteiger charge is 2.34. The van der Waals surface area contributed by atoms with E-state index in [-0.39, 0.29) is 11.5 Å². The van der Waals surface area contributed by atoms with Crippen LogP contribution in [0.25, 0.3) is 0 Å². The summed E-state index contributed by atoms with van der Waals surface area (Å²) in [6.45, 7) is 4.88. The van der Waals surface area contributed by atoms with Crippen LogP contribution in [0.2, 0.25) is 0 Å². The van der Waals surface area contributed by atoms with E-state index in [0.717, 1.165) is 9.65 Å². The SMILES string of the molecule is CC(=O)c1ccc(NC(=O)O[C@H](c2cc(I)ccc2O)C(C)(C)/C=C/C(=O)NO)cc1. The van der Waals surface area contributed by atoms with Crippen molar-refractivity contribution in [1.29, 1.82) is 0 Å². The number of carbonyl (C=O) groups is 3. The molecule has 0 heterocycles. The Morgan fingerprint density at radius 2 is 1.77 bits per heavy atom. The fourth-order valence-corrected chi connectivity index (χ4v) is 3.32. The summed E-state index contributed by atoms with van der Waals surface area (Å²) < 4.78 is 6.47. The van der Waals surface area contributed by atoms with Crippen molar-refractivity contribution in [3.63, 3.8) is 0 Å². The molecule has 0 bridgehead atoms. The van der Waals surface area contributed by atoms with Gasteiger partial charge in [0.1, 0.15) is 11.9 Å². The topological polar surface area (TPSA) is 125 Å². The fourth-order valence-electron chi connectivity index (χ4n) is 2.81. The minimum atomic E-state index is -0.971. The third kappa shape index (κ3) is 6.79. The molecule has 0 unspecified atom stereocenters. The molecule has 8 nitrogen and oxygen atoms in total. The molecule has 31 heavy (non-hydrogen) atoms. The molecule has 0 aromatic heterocycles. The number of ether oxygens (including phenoxy) is 1. The zero-order valence-corrected chi connectivity index (χ0v) is 19.3. The van der Waals surface area contributed by atoms with E-state index >= 15 is 0 Å². The first-order chi connectivity index (χ1) is 14.5. The Bertz CT molecular complexity index is 1000. The van der Waals surface area contributed by atoms with Gasteiger partial charge in [-0.3, -0.25) is 20.1 Å². The molecule has 0 radical (unpaired) electrons. The minimum Gasteiger partial charge on any atom is -0.508 e. The Morgan fingerprint density at radius 1 is 1.13 bits per heavy atom. The summed E-state index contributed by atoms with van der Waals surface area (Å²) in [5.74, 6) is -0.908. The number of Topliss-reactive ketones (excluding diaryl/α,β-unsaturated/α-hetero) is 1. The summed E-state index contributed by atoms with van der Waals surface area (Å²) in [7, 11) is 0. The lowest BCUT2D eigenvalue weighted by molar-refractivity contribution is -0.124. The van der Waals surface area contributed by atoms with Crippen LogP contribution in [0.1, 0.15) is 42.8 Å². The van der Waals surface area contributed by atoms with E-state index in [1.165, 1.54) is 24.5 Å². The maximum Gasteiger partial charge on any atom is 0.412 e. The second-order valence-corrected chi connectivity index (χ2v) is 8.62. The van der Waals surface area contributed by atoms with Gasteiger partial charge in [-0.05, 0) is 72.0 Å². The first kappa shape index (κ1) is 24.4. The lowest BCUT2D eigenvalue weighted by Gasteiger charge is -2.32. The summed E-state index contributed by atoms with van der Waals surface area (Å²) in [4.78, 5) is 35.5. The Morgan fingerprint density at radius 3 is 2.35 bits per heavy atom. The Balaban J connectivity index is 2.32. The first-order valence-corrected chi connectivity index (χ1v) is 10.3. The normalized spacial score (nSPS) is 12.3. The van der Waals surface area contributed by atoms with Crippen molar-refractivity contribution >= 4 is 46.1 Å². The quantitative estimate of drug-likeness (QED) is 0.135. The Kier molecular flexibility index (Phi) is 8.17. The number of halogens is 1. The molecule has 164 valence electrons. The molecule has 2 aromatic carbocycles. The number of nitrogens with one attached hydrogen (secondary N) is 2. The van der Waals surface area contributed by atoms with Crippen LogP contribution in [0.3, 0.4) is 0 Å². The molecule has 0 spiro atoms. The lowest BCUT2D eigenvalue weighted by Crippen LogP contribution is -2.28. The van der Waals surface area contributed by atoms with E-state index in [9.17, 15) is 19.5 Å². The zero-order chi connectivity index (χ0) is 23.2. The number of rotatable bonds is 7. The van der Waals surface area contributed by atoms with Crippen LogP contribution in [0.5, 0.6) is 5.75 Å². The Labute approximate surface area is 193 Å². The number of aromatic hydroxyl groups is 1. The van der Waals surface area contributed by atoms with Gasteiger partial charge in [0.15, 0.2) is 5.78 Å². The number of hydrogen-bond acceptors (Lipinski definition) is 6. The number of phenols is 1. The summed E-state index contributed by atoms with van der Waals surface area (Å²) in [5, 5.41) is 21.7. The number of anilines is 1. The molecule has 0 aliphatic rings. The fraction of sp³-hybridized carbons (Fsp3) is 0.227. The summed E-state index contributed by atoms with van der Waals surface area (Å²) in [6.07, 6.45) is 0.824. The highest BCUT2D eigenvalue weighted by molar-refractivity contribution is 14.1. The van der Waals surface area contributed by atoms with Crippen molar-refractivity contribution in [3.8, 4) is 5.75 Å². The summed E-state index contributed by atoms with van der Waals surface area (Å²) in [6, 6.07) is 11.2. The average molecular weight is 538 g/mol. The Hall–Kier alpha value is -2.92. The van der Waals surface area contributed by atoms with E-state index in [0.29, 0.717) is 16.8 Å². The second kappa shape index (κ2) is 10.4. The van der Waals surface area contributed by atoms with Gasteiger partial charge in [-0.15, -0.1) is 0 Å². The number of phenolic OH excluding ortho intramolecular Hbond substituents is 1. The van der Waals surface area contributed by atoms with Crippen molar-refractivity contribution in [2.45, 2.75) is 26.9 Å². The van der Waals surface area contributed by atoms with Gasteiger partial charge in [-0.1, -0.05) is 19.9 Å². The standard InChI is InChI=1S/C22H23IN2O6/c1-13(26)14-4-7-16(8-5-14)24-21(29)31-20(17-12-15(23)6-9-18(17)27)22(2,3)11-10-19(28)25-30/h4-12,20,27,30H,1-3H3,(H,24,29)(H,25,28)/b11-10+/t20-/m1/s1. The monoisotopic (exact) mass is 538 g/mol. The summed E-state index contributed by atoms with van der Waals surface area (Å²) in [5.41, 5.74) is 1.85. The van der Waals surface area contributed by atoms with Crippen LogP contribution in [0.15, 0.2) is 54.6 Å². The first-order valence-electron chi connectivity index (χ1n) is 9.24. The molecule has 0 fully saturated rings. The lowest BCUT2D eigenvalue weighted by atomic mass is 9.81. The molecule has 2 rings (SSSR count). The number of hydrogen-bond donors (Lipinski definition) is 4. The average Bonchev–Trinajstić information content (AvgIpc) is 2.72. The molecule has 4 N–H and O–H groups in total. The van der Waals surface area contributed by atoms with Gasteiger partial charge in [0.25, 0.3) is 5.91 Å².